The molecule has 0 radical (unpaired) electrons. The Bertz CT molecular complexity index is 662. The number of fused-ring (bicyclic) bond motifs is 1. The first-order valence-electron chi connectivity index (χ1n) is 7.61. The standard InChI is InChI=1S/C18H23NO2/c1-5-6-7-8-15-9-10-17-16(11-15)18(21-14(4)20)12(2)13(3)19-17/h9-11H,5-8H2,1-4H3. The van der Waals surface area contributed by atoms with E-state index in [4.69, 9.17) is 4.74 Å². The van der Waals surface area contributed by atoms with E-state index in [-0.39, 0.29) is 5.97 Å². The summed E-state index contributed by atoms with van der Waals surface area (Å²) in [6, 6.07) is 6.26. The normalized spacial score (nSPS) is 10.9. The van der Waals surface area contributed by atoms with E-state index in [9.17, 15) is 4.79 Å². The van der Waals surface area contributed by atoms with Crippen molar-refractivity contribution >= 4 is 16.9 Å². The first-order valence-corrected chi connectivity index (χ1v) is 7.61. The van der Waals surface area contributed by atoms with Crippen LogP contribution in [0.25, 0.3) is 10.9 Å². The van der Waals surface area contributed by atoms with E-state index < -0.39 is 0 Å². The molecule has 0 aliphatic heterocycles. The number of esters is 1. The van der Waals surface area contributed by atoms with Crippen LogP contribution >= 0.6 is 0 Å². The molecule has 112 valence electrons. The van der Waals surface area contributed by atoms with Crippen molar-refractivity contribution in [1.82, 2.24) is 4.98 Å². The van der Waals surface area contributed by atoms with Gasteiger partial charge in [-0.3, -0.25) is 9.78 Å². The van der Waals surface area contributed by atoms with Gasteiger partial charge in [0.25, 0.3) is 0 Å². The molecule has 0 amide bonds. The highest BCUT2D eigenvalue weighted by atomic mass is 16.5. The number of hydrogen-bond acceptors (Lipinski definition) is 3. The summed E-state index contributed by atoms with van der Waals surface area (Å²) in [6.45, 7) is 7.53. The molecule has 0 bridgehead atoms. The number of ether oxygens (including phenoxy) is 1. The molecule has 0 spiro atoms. The highest BCUT2D eigenvalue weighted by Gasteiger charge is 2.13. The van der Waals surface area contributed by atoms with Crippen LogP contribution in [0.15, 0.2) is 18.2 Å². The summed E-state index contributed by atoms with van der Waals surface area (Å²) >= 11 is 0. The van der Waals surface area contributed by atoms with Gasteiger partial charge in [0.15, 0.2) is 0 Å². The van der Waals surface area contributed by atoms with Crippen LogP contribution in [-0.4, -0.2) is 11.0 Å². The molecule has 21 heavy (non-hydrogen) atoms. The Labute approximate surface area is 126 Å². The van der Waals surface area contributed by atoms with E-state index in [0.29, 0.717) is 5.75 Å². The minimum Gasteiger partial charge on any atom is -0.426 e. The second kappa shape index (κ2) is 6.70. The fourth-order valence-electron chi connectivity index (χ4n) is 2.50. The van der Waals surface area contributed by atoms with E-state index in [0.717, 1.165) is 28.6 Å². The SMILES string of the molecule is CCCCCc1ccc2nc(C)c(C)c(OC(C)=O)c2c1. The molecule has 0 atom stereocenters. The van der Waals surface area contributed by atoms with Crippen molar-refractivity contribution in [2.24, 2.45) is 0 Å². The van der Waals surface area contributed by atoms with Gasteiger partial charge in [0.05, 0.1) is 5.52 Å². The van der Waals surface area contributed by atoms with Gasteiger partial charge in [0.2, 0.25) is 0 Å². The van der Waals surface area contributed by atoms with Crippen molar-refractivity contribution in [2.45, 2.75) is 53.4 Å². The number of hydrogen-bond donors (Lipinski definition) is 0. The first kappa shape index (κ1) is 15.5. The van der Waals surface area contributed by atoms with E-state index in [1.165, 1.54) is 31.7 Å². The smallest absolute Gasteiger partial charge is 0.308 e. The maximum atomic E-state index is 11.4. The van der Waals surface area contributed by atoms with Crippen molar-refractivity contribution in [3.8, 4) is 5.75 Å². The zero-order chi connectivity index (χ0) is 15.4. The monoisotopic (exact) mass is 285 g/mol. The van der Waals surface area contributed by atoms with Gasteiger partial charge in [-0.1, -0.05) is 25.8 Å². The fourth-order valence-corrected chi connectivity index (χ4v) is 2.50. The minimum absolute atomic E-state index is 0.290. The lowest BCUT2D eigenvalue weighted by atomic mass is 10.0. The molecular weight excluding hydrogens is 262 g/mol. The van der Waals surface area contributed by atoms with Gasteiger partial charge < -0.3 is 4.74 Å². The van der Waals surface area contributed by atoms with E-state index in [2.05, 4.69) is 24.0 Å². The summed E-state index contributed by atoms with van der Waals surface area (Å²) in [5.41, 5.74) is 3.99. The number of unbranched alkanes of at least 4 members (excludes halogenated alkanes) is 2. The van der Waals surface area contributed by atoms with E-state index in [1.54, 1.807) is 0 Å². The average Bonchev–Trinajstić information content (AvgIpc) is 2.44. The summed E-state index contributed by atoms with van der Waals surface area (Å²) in [7, 11) is 0. The minimum atomic E-state index is -0.290. The number of rotatable bonds is 5. The number of aromatic nitrogens is 1. The molecule has 2 aromatic rings. The van der Waals surface area contributed by atoms with Crippen LogP contribution in [0.3, 0.4) is 0 Å². The molecule has 0 aliphatic carbocycles. The van der Waals surface area contributed by atoms with Crippen LogP contribution < -0.4 is 4.74 Å². The molecule has 1 aromatic carbocycles. The predicted molar refractivity (Wildman–Crippen MR) is 85.8 cm³/mol. The zero-order valence-corrected chi connectivity index (χ0v) is 13.3. The molecular formula is C18H23NO2. The van der Waals surface area contributed by atoms with Gasteiger partial charge >= 0.3 is 5.97 Å². The third kappa shape index (κ3) is 3.60. The van der Waals surface area contributed by atoms with Crippen molar-refractivity contribution < 1.29 is 9.53 Å². The highest BCUT2D eigenvalue weighted by molar-refractivity contribution is 5.89. The van der Waals surface area contributed by atoms with Crippen LogP contribution in [0.4, 0.5) is 0 Å². The third-order valence-electron chi connectivity index (χ3n) is 3.79. The average molecular weight is 285 g/mol. The Morgan fingerprint density at radius 3 is 2.67 bits per heavy atom. The van der Waals surface area contributed by atoms with Gasteiger partial charge in [0, 0.05) is 23.6 Å². The predicted octanol–water partition coefficient (Wildman–Crippen LogP) is 4.51. The van der Waals surface area contributed by atoms with E-state index in [1.807, 2.05) is 19.9 Å². The molecule has 3 heteroatoms. The zero-order valence-electron chi connectivity index (χ0n) is 13.3. The molecule has 0 saturated carbocycles. The quantitative estimate of drug-likeness (QED) is 0.599. The second-order valence-electron chi connectivity index (χ2n) is 5.55. The number of benzene rings is 1. The molecule has 0 fully saturated rings. The van der Waals surface area contributed by atoms with Crippen LogP contribution in [0.5, 0.6) is 5.75 Å². The summed E-state index contributed by atoms with van der Waals surface area (Å²) in [5, 5.41) is 0.933. The third-order valence-corrected chi connectivity index (χ3v) is 3.79. The Balaban J connectivity index is 2.47. The second-order valence-corrected chi connectivity index (χ2v) is 5.55. The highest BCUT2D eigenvalue weighted by Crippen LogP contribution is 2.31. The number of nitrogens with zero attached hydrogens (tertiary/aromatic N) is 1. The lowest BCUT2D eigenvalue weighted by molar-refractivity contribution is -0.131. The molecule has 1 heterocycles. The maximum Gasteiger partial charge on any atom is 0.308 e. The topological polar surface area (TPSA) is 39.2 Å². The van der Waals surface area contributed by atoms with E-state index >= 15 is 0 Å². The first-order chi connectivity index (χ1) is 10.0. The summed E-state index contributed by atoms with van der Waals surface area (Å²) in [5.74, 6) is 0.365. The lowest BCUT2D eigenvalue weighted by Gasteiger charge is -2.12. The van der Waals surface area contributed by atoms with Crippen molar-refractivity contribution in [2.75, 3.05) is 0 Å². The summed E-state index contributed by atoms with van der Waals surface area (Å²) < 4.78 is 5.44. The number of carbonyl (C=O) groups excluding carboxylic acids is 1. The molecule has 3 nitrogen and oxygen atoms in total. The van der Waals surface area contributed by atoms with Gasteiger partial charge in [-0.25, -0.2) is 0 Å². The Hall–Kier alpha value is -1.90. The number of pyridine rings is 1. The van der Waals surface area contributed by atoms with Crippen LogP contribution in [0.1, 0.15) is 49.9 Å². The van der Waals surface area contributed by atoms with Crippen LogP contribution in [0, 0.1) is 13.8 Å². The number of carbonyl (C=O) groups is 1. The molecule has 0 unspecified atom stereocenters. The maximum absolute atomic E-state index is 11.4. The van der Waals surface area contributed by atoms with Gasteiger partial charge in [0.1, 0.15) is 5.75 Å². The molecule has 0 N–H and O–H groups in total. The van der Waals surface area contributed by atoms with Crippen molar-refractivity contribution in [3.63, 3.8) is 0 Å². The van der Waals surface area contributed by atoms with Crippen LogP contribution in [0.2, 0.25) is 0 Å². The molecule has 2 rings (SSSR count). The fraction of sp³-hybridized carbons (Fsp3) is 0.444. The Morgan fingerprint density at radius 2 is 2.00 bits per heavy atom. The van der Waals surface area contributed by atoms with Gasteiger partial charge in [-0.2, -0.15) is 0 Å². The lowest BCUT2D eigenvalue weighted by Crippen LogP contribution is -2.05. The molecule has 1 aromatic heterocycles. The van der Waals surface area contributed by atoms with Gasteiger partial charge in [-0.05, 0) is 44.4 Å². The van der Waals surface area contributed by atoms with Crippen molar-refractivity contribution in [1.29, 1.82) is 0 Å². The van der Waals surface area contributed by atoms with Gasteiger partial charge in [-0.15, -0.1) is 0 Å². The Morgan fingerprint density at radius 1 is 1.24 bits per heavy atom. The molecule has 0 aliphatic rings. The van der Waals surface area contributed by atoms with Crippen molar-refractivity contribution in [3.05, 3.63) is 35.0 Å². The Kier molecular flexibility index (Phi) is 4.94. The summed E-state index contributed by atoms with van der Waals surface area (Å²) in [4.78, 5) is 16.0. The molecule has 0 saturated heterocycles. The largest absolute Gasteiger partial charge is 0.426 e. The summed E-state index contributed by atoms with van der Waals surface area (Å²) in [6.07, 6.45) is 4.69. The van der Waals surface area contributed by atoms with Crippen LogP contribution in [-0.2, 0) is 11.2 Å². The number of aryl methyl sites for hydroxylation is 2.